The molecule has 0 atom stereocenters. The molecule has 26 heavy (non-hydrogen) atoms. The van der Waals surface area contributed by atoms with Crippen LogP contribution in [0, 0.1) is 0 Å². The second-order valence-electron chi connectivity index (χ2n) is 6.68. The van der Waals surface area contributed by atoms with Gasteiger partial charge in [0.15, 0.2) is 18.1 Å². The Bertz CT molecular complexity index is 643. The molecule has 0 radical (unpaired) electrons. The molecule has 1 aliphatic heterocycles. The monoisotopic (exact) mass is 365 g/mol. The van der Waals surface area contributed by atoms with Crippen molar-refractivity contribution in [3.8, 4) is 11.5 Å². The van der Waals surface area contributed by atoms with Gasteiger partial charge >= 0.3 is 5.97 Å². The third-order valence-corrected chi connectivity index (χ3v) is 3.95. The number of benzene rings is 1. The van der Waals surface area contributed by atoms with Crippen LogP contribution in [0.25, 0.3) is 0 Å². The van der Waals surface area contributed by atoms with E-state index >= 15 is 0 Å². The second kappa shape index (κ2) is 8.89. The summed E-state index contributed by atoms with van der Waals surface area (Å²) in [6.45, 7) is 6.29. The number of hydrogen-bond donors (Lipinski definition) is 0. The van der Waals surface area contributed by atoms with Crippen LogP contribution in [-0.2, 0) is 25.5 Å². The van der Waals surface area contributed by atoms with Crippen LogP contribution >= 0.6 is 0 Å². The summed E-state index contributed by atoms with van der Waals surface area (Å²) in [5.41, 5.74) is 0.767. The van der Waals surface area contributed by atoms with E-state index in [0.29, 0.717) is 18.1 Å². The van der Waals surface area contributed by atoms with E-state index < -0.39 is 5.97 Å². The fourth-order valence-electron chi connectivity index (χ4n) is 2.79. The summed E-state index contributed by atoms with van der Waals surface area (Å²) in [5, 5.41) is 0. The molecule has 2 rings (SSSR count). The predicted octanol–water partition coefficient (Wildman–Crippen LogP) is 1.82. The molecule has 1 aromatic rings. The molecule has 1 aliphatic rings. The highest BCUT2D eigenvalue weighted by atomic mass is 16.5. The first kappa shape index (κ1) is 20.0. The normalized spacial score (nSPS) is 14.3. The highest BCUT2D eigenvalue weighted by Crippen LogP contribution is 2.41. The van der Waals surface area contributed by atoms with Crippen LogP contribution in [0.1, 0.15) is 26.3 Å². The minimum atomic E-state index is -0.456. The summed E-state index contributed by atoms with van der Waals surface area (Å²) in [5.74, 6) is 0.441. The van der Waals surface area contributed by atoms with Gasteiger partial charge in [0.1, 0.15) is 12.1 Å². The first-order valence-electron chi connectivity index (χ1n) is 8.72. The Hall–Kier alpha value is -2.28. The predicted molar refractivity (Wildman–Crippen MR) is 95.4 cm³/mol. The standard InChI is InChI=1S/C19H27NO6/c1-5-24-17(22)12-20(9-10-23-4)16(21)13-25-15-8-6-7-14-11-19(2,3)26-18(14)15/h6-8H,5,9-13H2,1-4H3. The van der Waals surface area contributed by atoms with E-state index in [2.05, 4.69) is 0 Å². The van der Waals surface area contributed by atoms with Crippen molar-refractivity contribution in [2.75, 3.05) is 40.0 Å². The lowest BCUT2D eigenvalue weighted by Gasteiger charge is -2.22. The molecule has 0 unspecified atom stereocenters. The van der Waals surface area contributed by atoms with Crippen LogP contribution in [-0.4, -0.2) is 62.4 Å². The molecule has 0 fully saturated rings. The molecule has 0 spiro atoms. The number of para-hydroxylation sites is 1. The van der Waals surface area contributed by atoms with Gasteiger partial charge in [0, 0.05) is 25.6 Å². The summed E-state index contributed by atoms with van der Waals surface area (Å²) >= 11 is 0. The van der Waals surface area contributed by atoms with Crippen LogP contribution in [0.5, 0.6) is 11.5 Å². The zero-order chi connectivity index (χ0) is 19.2. The maximum absolute atomic E-state index is 12.5. The van der Waals surface area contributed by atoms with Crippen molar-refractivity contribution in [2.24, 2.45) is 0 Å². The lowest BCUT2D eigenvalue weighted by molar-refractivity contribution is -0.149. The van der Waals surface area contributed by atoms with Gasteiger partial charge in [0.05, 0.1) is 13.2 Å². The Labute approximate surface area is 154 Å². The maximum atomic E-state index is 12.5. The minimum absolute atomic E-state index is 0.129. The third kappa shape index (κ3) is 5.36. The van der Waals surface area contributed by atoms with Gasteiger partial charge in [0.25, 0.3) is 5.91 Å². The van der Waals surface area contributed by atoms with Crippen molar-refractivity contribution in [3.63, 3.8) is 0 Å². The Morgan fingerprint density at radius 2 is 2.08 bits per heavy atom. The van der Waals surface area contributed by atoms with Crippen molar-refractivity contribution in [3.05, 3.63) is 23.8 Å². The number of ether oxygens (including phenoxy) is 4. The first-order chi connectivity index (χ1) is 12.4. The van der Waals surface area contributed by atoms with Crippen LogP contribution in [0.2, 0.25) is 0 Å². The molecule has 0 saturated carbocycles. The summed E-state index contributed by atoms with van der Waals surface area (Å²) in [6, 6.07) is 5.65. The summed E-state index contributed by atoms with van der Waals surface area (Å²) in [7, 11) is 1.54. The first-order valence-corrected chi connectivity index (χ1v) is 8.72. The van der Waals surface area contributed by atoms with Gasteiger partial charge < -0.3 is 23.8 Å². The maximum Gasteiger partial charge on any atom is 0.325 e. The second-order valence-corrected chi connectivity index (χ2v) is 6.68. The van der Waals surface area contributed by atoms with Gasteiger partial charge in [-0.2, -0.15) is 0 Å². The van der Waals surface area contributed by atoms with Gasteiger partial charge in [-0.15, -0.1) is 0 Å². The van der Waals surface area contributed by atoms with Gasteiger partial charge in [-0.25, -0.2) is 0 Å². The van der Waals surface area contributed by atoms with Gasteiger partial charge in [0.2, 0.25) is 0 Å². The lowest BCUT2D eigenvalue weighted by Crippen LogP contribution is -2.41. The van der Waals surface area contributed by atoms with E-state index in [-0.39, 0.29) is 37.8 Å². The van der Waals surface area contributed by atoms with E-state index in [4.69, 9.17) is 18.9 Å². The Balaban J connectivity index is 2.00. The zero-order valence-electron chi connectivity index (χ0n) is 15.9. The number of carbonyl (C=O) groups excluding carboxylic acids is 2. The SMILES string of the molecule is CCOC(=O)CN(CCOC)C(=O)COc1cccc2c1OC(C)(C)C2. The van der Waals surface area contributed by atoms with Crippen LogP contribution in [0.15, 0.2) is 18.2 Å². The number of rotatable bonds is 9. The smallest absolute Gasteiger partial charge is 0.325 e. The Kier molecular flexibility index (Phi) is 6.85. The Morgan fingerprint density at radius 3 is 2.77 bits per heavy atom. The summed E-state index contributed by atoms with van der Waals surface area (Å²) < 4.78 is 21.6. The number of esters is 1. The Morgan fingerprint density at radius 1 is 1.31 bits per heavy atom. The molecule has 144 valence electrons. The molecule has 1 heterocycles. The molecule has 0 aromatic heterocycles. The van der Waals surface area contributed by atoms with Crippen molar-refractivity contribution >= 4 is 11.9 Å². The largest absolute Gasteiger partial charge is 0.483 e. The van der Waals surface area contributed by atoms with Gasteiger partial charge in [-0.1, -0.05) is 12.1 Å². The molecule has 0 N–H and O–H groups in total. The van der Waals surface area contributed by atoms with Crippen molar-refractivity contribution in [1.82, 2.24) is 4.90 Å². The fraction of sp³-hybridized carbons (Fsp3) is 0.579. The molecule has 1 aromatic carbocycles. The number of hydrogen-bond acceptors (Lipinski definition) is 6. The molecule has 0 aliphatic carbocycles. The molecule has 7 heteroatoms. The molecule has 0 bridgehead atoms. The average molecular weight is 365 g/mol. The van der Waals surface area contributed by atoms with E-state index in [0.717, 1.165) is 12.0 Å². The molecule has 1 amide bonds. The number of amides is 1. The van der Waals surface area contributed by atoms with Crippen molar-refractivity contribution in [1.29, 1.82) is 0 Å². The summed E-state index contributed by atoms with van der Waals surface area (Å²) in [4.78, 5) is 25.6. The third-order valence-electron chi connectivity index (χ3n) is 3.95. The lowest BCUT2D eigenvalue weighted by atomic mass is 10.0. The van der Waals surface area contributed by atoms with E-state index in [1.807, 2.05) is 26.0 Å². The zero-order valence-corrected chi connectivity index (χ0v) is 15.9. The number of carbonyl (C=O) groups is 2. The quantitative estimate of drug-likeness (QED) is 0.622. The highest BCUT2D eigenvalue weighted by Gasteiger charge is 2.32. The molecule has 7 nitrogen and oxygen atoms in total. The number of fused-ring (bicyclic) bond motifs is 1. The molecular formula is C19H27NO6. The van der Waals surface area contributed by atoms with E-state index in [9.17, 15) is 9.59 Å². The van der Waals surface area contributed by atoms with Gasteiger partial charge in [-0.3, -0.25) is 9.59 Å². The minimum Gasteiger partial charge on any atom is -0.483 e. The van der Waals surface area contributed by atoms with E-state index in [1.54, 1.807) is 13.0 Å². The van der Waals surface area contributed by atoms with Crippen LogP contribution < -0.4 is 9.47 Å². The van der Waals surface area contributed by atoms with Crippen LogP contribution in [0.4, 0.5) is 0 Å². The van der Waals surface area contributed by atoms with Gasteiger partial charge in [-0.05, 0) is 26.8 Å². The van der Waals surface area contributed by atoms with Crippen molar-refractivity contribution in [2.45, 2.75) is 32.8 Å². The van der Waals surface area contributed by atoms with E-state index in [1.165, 1.54) is 12.0 Å². The number of methoxy groups -OCH3 is 1. The molecule has 0 saturated heterocycles. The number of nitrogens with zero attached hydrogens (tertiary/aromatic N) is 1. The molecular weight excluding hydrogens is 338 g/mol. The summed E-state index contributed by atoms with van der Waals surface area (Å²) in [6.07, 6.45) is 0.788. The van der Waals surface area contributed by atoms with Crippen molar-refractivity contribution < 1.29 is 28.5 Å². The average Bonchev–Trinajstić information content (AvgIpc) is 2.91. The fourth-order valence-corrected chi connectivity index (χ4v) is 2.79. The van der Waals surface area contributed by atoms with Crippen LogP contribution in [0.3, 0.4) is 0 Å². The highest BCUT2D eigenvalue weighted by molar-refractivity contribution is 5.83. The topological polar surface area (TPSA) is 74.3 Å².